The average molecular weight is 310 g/mol. The zero-order chi connectivity index (χ0) is 13.0. The fraction of sp³-hybridized carbons (Fsp3) is 0.625. The van der Waals surface area contributed by atoms with Crippen molar-refractivity contribution in [2.45, 2.75) is 52.0 Å². The van der Waals surface area contributed by atoms with Gasteiger partial charge in [-0.1, -0.05) is 47.8 Å². The molecule has 2 heteroatoms. The predicted octanol–water partition coefficient (Wildman–Crippen LogP) is 4.99. The van der Waals surface area contributed by atoms with Crippen molar-refractivity contribution in [1.29, 1.82) is 0 Å². The van der Waals surface area contributed by atoms with Crippen molar-refractivity contribution >= 4 is 15.9 Å². The Bertz CT molecular complexity index is 383. The molecular formula is C16H24BrN. The van der Waals surface area contributed by atoms with E-state index in [4.69, 9.17) is 0 Å². The zero-order valence-electron chi connectivity index (χ0n) is 11.5. The topological polar surface area (TPSA) is 12.0 Å². The van der Waals surface area contributed by atoms with E-state index < -0.39 is 0 Å². The van der Waals surface area contributed by atoms with Crippen LogP contribution in [-0.2, 0) is 0 Å². The van der Waals surface area contributed by atoms with Gasteiger partial charge in [0.1, 0.15) is 0 Å². The average Bonchev–Trinajstić information content (AvgIpc) is 2.88. The minimum atomic E-state index is 0.555. The summed E-state index contributed by atoms with van der Waals surface area (Å²) in [5.41, 5.74) is 2.81. The van der Waals surface area contributed by atoms with Gasteiger partial charge in [0.25, 0.3) is 0 Å². The summed E-state index contributed by atoms with van der Waals surface area (Å²) in [4.78, 5) is 0. The molecule has 18 heavy (non-hydrogen) atoms. The van der Waals surface area contributed by atoms with E-state index in [-0.39, 0.29) is 0 Å². The van der Waals surface area contributed by atoms with E-state index in [1.807, 2.05) is 0 Å². The first-order valence-electron chi connectivity index (χ1n) is 7.21. The van der Waals surface area contributed by atoms with Crippen LogP contribution in [0.15, 0.2) is 22.7 Å². The largest absolute Gasteiger partial charge is 0.310 e. The molecule has 1 unspecified atom stereocenters. The van der Waals surface area contributed by atoms with Gasteiger partial charge in [-0.15, -0.1) is 0 Å². The number of hydrogen-bond acceptors (Lipinski definition) is 1. The normalized spacial score (nSPS) is 18.2. The van der Waals surface area contributed by atoms with Gasteiger partial charge in [-0.3, -0.25) is 0 Å². The predicted molar refractivity (Wildman–Crippen MR) is 81.9 cm³/mol. The Morgan fingerprint density at radius 3 is 2.67 bits per heavy atom. The lowest BCUT2D eigenvalue weighted by Crippen LogP contribution is -2.27. The molecule has 1 saturated carbocycles. The van der Waals surface area contributed by atoms with E-state index in [1.54, 1.807) is 0 Å². The maximum Gasteiger partial charge on any atom is 0.0348 e. The molecule has 1 nitrogen and oxygen atoms in total. The molecule has 1 aromatic rings. The van der Waals surface area contributed by atoms with Crippen LogP contribution in [0.2, 0.25) is 0 Å². The first kappa shape index (κ1) is 14.1. The molecule has 0 aliphatic heterocycles. The van der Waals surface area contributed by atoms with E-state index in [0.29, 0.717) is 6.04 Å². The summed E-state index contributed by atoms with van der Waals surface area (Å²) < 4.78 is 1.21. The summed E-state index contributed by atoms with van der Waals surface area (Å²) >= 11 is 3.59. The van der Waals surface area contributed by atoms with Crippen molar-refractivity contribution in [3.63, 3.8) is 0 Å². The van der Waals surface area contributed by atoms with Crippen LogP contribution in [0.3, 0.4) is 0 Å². The van der Waals surface area contributed by atoms with Gasteiger partial charge >= 0.3 is 0 Å². The van der Waals surface area contributed by atoms with Crippen LogP contribution in [0.5, 0.6) is 0 Å². The molecule has 0 aromatic heterocycles. The Morgan fingerprint density at radius 1 is 1.33 bits per heavy atom. The molecule has 1 aromatic carbocycles. The minimum Gasteiger partial charge on any atom is -0.310 e. The molecule has 0 heterocycles. The summed E-state index contributed by atoms with van der Waals surface area (Å²) in [6.45, 7) is 5.54. The van der Waals surface area contributed by atoms with E-state index in [9.17, 15) is 0 Å². The Morgan fingerprint density at radius 2 is 2.06 bits per heavy atom. The van der Waals surface area contributed by atoms with Crippen molar-refractivity contribution in [1.82, 2.24) is 5.32 Å². The second-order valence-electron chi connectivity index (χ2n) is 5.48. The Kier molecular flexibility index (Phi) is 5.25. The van der Waals surface area contributed by atoms with Crippen molar-refractivity contribution in [3.05, 3.63) is 33.8 Å². The van der Waals surface area contributed by atoms with Gasteiger partial charge in [0.15, 0.2) is 0 Å². The fourth-order valence-corrected chi connectivity index (χ4v) is 3.26. The fourth-order valence-electron chi connectivity index (χ4n) is 3.01. The van der Waals surface area contributed by atoms with Gasteiger partial charge in [0.2, 0.25) is 0 Å². The number of hydrogen-bond donors (Lipinski definition) is 1. The minimum absolute atomic E-state index is 0.555. The highest BCUT2D eigenvalue weighted by Gasteiger charge is 2.25. The number of benzene rings is 1. The van der Waals surface area contributed by atoms with Crippen molar-refractivity contribution in [2.24, 2.45) is 5.92 Å². The van der Waals surface area contributed by atoms with Gasteiger partial charge in [0.05, 0.1) is 0 Å². The van der Waals surface area contributed by atoms with Gasteiger partial charge in [-0.05, 0) is 55.8 Å². The molecule has 2 rings (SSSR count). The number of halogens is 1. The molecule has 0 radical (unpaired) electrons. The first-order valence-corrected chi connectivity index (χ1v) is 8.01. The zero-order valence-corrected chi connectivity index (χ0v) is 13.1. The highest BCUT2D eigenvalue weighted by molar-refractivity contribution is 9.10. The van der Waals surface area contributed by atoms with Crippen molar-refractivity contribution in [2.75, 3.05) is 6.54 Å². The number of rotatable bonds is 5. The summed E-state index contributed by atoms with van der Waals surface area (Å²) in [5.74, 6) is 0.831. The molecule has 1 fully saturated rings. The van der Waals surface area contributed by atoms with Crippen LogP contribution >= 0.6 is 15.9 Å². The summed E-state index contributed by atoms with van der Waals surface area (Å²) in [6, 6.07) is 7.37. The molecule has 100 valence electrons. The standard InChI is InChI=1S/C16H24BrN/c1-3-10-18-16(13-6-4-5-7-13)14-8-9-15(17)12(2)11-14/h8-9,11,13,16,18H,3-7,10H2,1-2H3. The van der Waals surface area contributed by atoms with Gasteiger partial charge < -0.3 is 5.32 Å². The molecular weight excluding hydrogens is 286 g/mol. The summed E-state index contributed by atoms with van der Waals surface area (Å²) in [7, 11) is 0. The smallest absolute Gasteiger partial charge is 0.0348 e. The van der Waals surface area contributed by atoms with E-state index in [1.165, 1.54) is 47.7 Å². The van der Waals surface area contributed by atoms with E-state index in [0.717, 1.165) is 12.5 Å². The van der Waals surface area contributed by atoms with Gasteiger partial charge in [0, 0.05) is 10.5 Å². The van der Waals surface area contributed by atoms with Crippen molar-refractivity contribution in [3.8, 4) is 0 Å². The number of aryl methyl sites for hydroxylation is 1. The van der Waals surface area contributed by atoms with Crippen LogP contribution in [0.1, 0.15) is 56.2 Å². The molecule has 1 aliphatic carbocycles. The maximum absolute atomic E-state index is 3.76. The Balaban J connectivity index is 2.17. The second-order valence-corrected chi connectivity index (χ2v) is 6.34. The van der Waals surface area contributed by atoms with Gasteiger partial charge in [-0.25, -0.2) is 0 Å². The van der Waals surface area contributed by atoms with E-state index >= 15 is 0 Å². The molecule has 1 aliphatic rings. The quantitative estimate of drug-likeness (QED) is 0.808. The highest BCUT2D eigenvalue weighted by atomic mass is 79.9. The van der Waals surface area contributed by atoms with E-state index in [2.05, 4.69) is 53.3 Å². The van der Waals surface area contributed by atoms with Crippen LogP contribution in [0.4, 0.5) is 0 Å². The van der Waals surface area contributed by atoms with Crippen molar-refractivity contribution < 1.29 is 0 Å². The maximum atomic E-state index is 3.76. The monoisotopic (exact) mass is 309 g/mol. The van der Waals surface area contributed by atoms with Crippen LogP contribution < -0.4 is 5.32 Å². The highest BCUT2D eigenvalue weighted by Crippen LogP contribution is 2.36. The number of nitrogens with one attached hydrogen (secondary N) is 1. The SMILES string of the molecule is CCCNC(c1ccc(Br)c(C)c1)C1CCCC1. The lowest BCUT2D eigenvalue weighted by atomic mass is 9.91. The lowest BCUT2D eigenvalue weighted by Gasteiger charge is -2.25. The molecule has 0 saturated heterocycles. The summed E-state index contributed by atoms with van der Waals surface area (Å²) in [5, 5.41) is 3.76. The molecule has 1 atom stereocenters. The molecule has 1 N–H and O–H groups in total. The molecule has 0 bridgehead atoms. The third-order valence-corrected chi connectivity index (χ3v) is 4.92. The second kappa shape index (κ2) is 6.72. The first-order chi connectivity index (χ1) is 8.72. The third-order valence-electron chi connectivity index (χ3n) is 4.03. The lowest BCUT2D eigenvalue weighted by molar-refractivity contribution is 0.368. The third kappa shape index (κ3) is 3.36. The van der Waals surface area contributed by atoms with Crippen LogP contribution in [-0.4, -0.2) is 6.54 Å². The summed E-state index contributed by atoms with van der Waals surface area (Å²) in [6.07, 6.45) is 6.79. The molecule has 0 amide bonds. The molecule has 0 spiro atoms. The Labute approximate surface area is 119 Å². The van der Waals surface area contributed by atoms with Crippen LogP contribution in [0, 0.1) is 12.8 Å². The van der Waals surface area contributed by atoms with Crippen LogP contribution in [0.25, 0.3) is 0 Å². The van der Waals surface area contributed by atoms with Gasteiger partial charge in [-0.2, -0.15) is 0 Å². The Hall–Kier alpha value is -0.340.